The molecular weight excluding hydrogens is 394 g/mol. The zero-order chi connectivity index (χ0) is 19.7. The van der Waals surface area contributed by atoms with Crippen molar-refractivity contribution in [2.75, 3.05) is 36.4 Å². The molecule has 5 nitrogen and oxygen atoms in total. The molecule has 2 aliphatic rings. The molecule has 7 heteroatoms. The number of fused-ring (bicyclic) bond motifs is 1. The molecule has 1 fully saturated rings. The lowest BCUT2D eigenvalue weighted by atomic mass is 10.1. The van der Waals surface area contributed by atoms with Gasteiger partial charge in [-0.3, -0.25) is 9.59 Å². The van der Waals surface area contributed by atoms with Crippen LogP contribution in [0.3, 0.4) is 0 Å². The zero-order valence-corrected chi connectivity index (χ0v) is 17.2. The number of hydrogen-bond acceptors (Lipinski definition) is 4. The van der Waals surface area contributed by atoms with Gasteiger partial charge in [-0.2, -0.15) is 0 Å². The highest BCUT2D eigenvalue weighted by atomic mass is 35.5. The molecule has 2 aromatic rings. The van der Waals surface area contributed by atoms with Gasteiger partial charge in [0.1, 0.15) is 0 Å². The van der Waals surface area contributed by atoms with E-state index in [0.717, 1.165) is 34.4 Å². The first kappa shape index (κ1) is 19.2. The Labute approximate surface area is 174 Å². The van der Waals surface area contributed by atoms with E-state index < -0.39 is 0 Å². The molecule has 2 aromatic carbocycles. The minimum Gasteiger partial charge on any atom is -0.368 e. The van der Waals surface area contributed by atoms with Crippen molar-refractivity contribution in [2.45, 2.75) is 23.5 Å². The average molecular weight is 416 g/mol. The van der Waals surface area contributed by atoms with Crippen LogP contribution in [-0.2, 0) is 9.59 Å². The van der Waals surface area contributed by atoms with Crippen LogP contribution in [0.25, 0.3) is 0 Å². The third-order valence-electron chi connectivity index (χ3n) is 5.21. The van der Waals surface area contributed by atoms with Gasteiger partial charge in [-0.25, -0.2) is 0 Å². The Morgan fingerprint density at radius 2 is 1.93 bits per heavy atom. The Bertz CT molecular complexity index is 912. The van der Waals surface area contributed by atoms with Gasteiger partial charge >= 0.3 is 0 Å². The quantitative estimate of drug-likeness (QED) is 0.828. The molecular formula is C21H22ClN3O2S. The van der Waals surface area contributed by atoms with Crippen molar-refractivity contribution in [1.82, 2.24) is 4.90 Å². The normalized spacial score (nSPS) is 19.2. The van der Waals surface area contributed by atoms with E-state index in [0.29, 0.717) is 13.1 Å². The highest BCUT2D eigenvalue weighted by Crippen LogP contribution is 2.37. The highest BCUT2D eigenvalue weighted by Gasteiger charge is 2.31. The number of rotatable bonds is 3. The summed E-state index contributed by atoms with van der Waals surface area (Å²) in [6.45, 7) is 4.90. The number of amides is 2. The van der Waals surface area contributed by atoms with Crippen molar-refractivity contribution in [3.63, 3.8) is 0 Å². The lowest BCUT2D eigenvalue weighted by molar-refractivity contribution is -0.132. The predicted octanol–water partition coefficient (Wildman–Crippen LogP) is 3.80. The molecule has 1 N–H and O–H groups in total. The van der Waals surface area contributed by atoms with E-state index in [4.69, 9.17) is 11.6 Å². The zero-order valence-electron chi connectivity index (χ0n) is 15.7. The first-order chi connectivity index (χ1) is 13.5. The summed E-state index contributed by atoms with van der Waals surface area (Å²) in [7, 11) is 0. The van der Waals surface area contributed by atoms with Crippen LogP contribution in [0.5, 0.6) is 0 Å². The smallest absolute Gasteiger partial charge is 0.238 e. The van der Waals surface area contributed by atoms with Crippen LogP contribution < -0.4 is 10.2 Å². The van der Waals surface area contributed by atoms with Crippen LogP contribution in [0.2, 0.25) is 5.02 Å². The van der Waals surface area contributed by atoms with Crippen LogP contribution in [-0.4, -0.2) is 48.1 Å². The summed E-state index contributed by atoms with van der Waals surface area (Å²) in [6, 6.07) is 13.6. The standard InChI is InChI=1S/C21H22ClN3O2S/c1-14-6-7-15(22)12-17(14)24-8-10-25(11-9-24)20(26)13-19-21(27)23-16-4-2-3-5-18(16)28-19/h2-7,12,19H,8-11,13H2,1H3,(H,23,27). The fraction of sp³-hybridized carbons (Fsp3) is 0.333. The highest BCUT2D eigenvalue weighted by molar-refractivity contribution is 8.01. The van der Waals surface area contributed by atoms with Gasteiger partial charge in [0, 0.05) is 48.2 Å². The number of benzene rings is 2. The van der Waals surface area contributed by atoms with Crippen molar-refractivity contribution >= 4 is 46.6 Å². The summed E-state index contributed by atoms with van der Waals surface area (Å²) in [5.74, 6) is -0.0558. The number of aryl methyl sites for hydroxylation is 1. The van der Waals surface area contributed by atoms with E-state index in [1.54, 1.807) is 0 Å². The van der Waals surface area contributed by atoms with Crippen LogP contribution in [0.4, 0.5) is 11.4 Å². The summed E-state index contributed by atoms with van der Waals surface area (Å²) in [5, 5.41) is 3.25. The second kappa shape index (κ2) is 8.05. The van der Waals surface area contributed by atoms with E-state index >= 15 is 0 Å². The van der Waals surface area contributed by atoms with Gasteiger partial charge in [0.25, 0.3) is 0 Å². The fourth-order valence-corrected chi connectivity index (χ4v) is 4.90. The predicted molar refractivity (Wildman–Crippen MR) is 114 cm³/mol. The van der Waals surface area contributed by atoms with E-state index in [9.17, 15) is 9.59 Å². The maximum atomic E-state index is 12.8. The number of para-hydroxylation sites is 1. The van der Waals surface area contributed by atoms with Gasteiger partial charge in [-0.1, -0.05) is 29.8 Å². The number of carbonyl (C=O) groups excluding carboxylic acids is 2. The van der Waals surface area contributed by atoms with Gasteiger partial charge in [0.05, 0.1) is 10.9 Å². The van der Waals surface area contributed by atoms with Gasteiger partial charge in [-0.15, -0.1) is 11.8 Å². The Hall–Kier alpha value is -2.18. The summed E-state index contributed by atoms with van der Waals surface area (Å²) in [5.41, 5.74) is 3.13. The third-order valence-corrected chi connectivity index (χ3v) is 6.72. The first-order valence-corrected chi connectivity index (χ1v) is 10.6. The van der Waals surface area contributed by atoms with E-state index in [2.05, 4.69) is 17.1 Å². The maximum Gasteiger partial charge on any atom is 0.238 e. The summed E-state index contributed by atoms with van der Waals surface area (Å²) in [4.78, 5) is 30.3. The van der Waals surface area contributed by atoms with E-state index in [1.165, 1.54) is 17.3 Å². The molecule has 2 heterocycles. The fourth-order valence-electron chi connectivity index (χ4n) is 3.63. The Morgan fingerprint density at radius 3 is 2.71 bits per heavy atom. The number of piperazine rings is 1. The Kier molecular flexibility index (Phi) is 5.51. The molecule has 146 valence electrons. The molecule has 2 amide bonds. The van der Waals surface area contributed by atoms with Crippen molar-refractivity contribution in [1.29, 1.82) is 0 Å². The molecule has 4 rings (SSSR count). The van der Waals surface area contributed by atoms with Gasteiger partial charge in [0.15, 0.2) is 0 Å². The topological polar surface area (TPSA) is 52.6 Å². The summed E-state index contributed by atoms with van der Waals surface area (Å²) >= 11 is 7.62. The van der Waals surface area contributed by atoms with Gasteiger partial charge < -0.3 is 15.1 Å². The van der Waals surface area contributed by atoms with Crippen LogP contribution in [0.1, 0.15) is 12.0 Å². The van der Waals surface area contributed by atoms with Gasteiger partial charge in [0.2, 0.25) is 11.8 Å². The number of hydrogen-bond donors (Lipinski definition) is 1. The Morgan fingerprint density at radius 1 is 1.18 bits per heavy atom. The van der Waals surface area contributed by atoms with Crippen LogP contribution >= 0.6 is 23.4 Å². The number of anilines is 2. The summed E-state index contributed by atoms with van der Waals surface area (Å²) < 4.78 is 0. The molecule has 0 aliphatic carbocycles. The molecule has 28 heavy (non-hydrogen) atoms. The molecule has 0 aromatic heterocycles. The minimum atomic E-state index is -0.379. The minimum absolute atomic E-state index is 0.0366. The number of thioether (sulfide) groups is 1. The van der Waals surface area contributed by atoms with E-state index in [1.807, 2.05) is 47.4 Å². The van der Waals surface area contributed by atoms with Crippen molar-refractivity contribution in [3.05, 3.63) is 53.1 Å². The SMILES string of the molecule is Cc1ccc(Cl)cc1N1CCN(C(=O)CC2Sc3ccccc3NC2=O)CC1. The molecule has 1 saturated heterocycles. The Balaban J connectivity index is 1.36. The van der Waals surface area contributed by atoms with Crippen LogP contribution in [0, 0.1) is 6.92 Å². The van der Waals surface area contributed by atoms with E-state index in [-0.39, 0.29) is 23.5 Å². The molecule has 0 spiro atoms. The lowest BCUT2D eigenvalue weighted by Gasteiger charge is -2.37. The van der Waals surface area contributed by atoms with Crippen molar-refractivity contribution in [2.24, 2.45) is 0 Å². The second-order valence-corrected chi connectivity index (χ2v) is 8.78. The average Bonchev–Trinajstić information content (AvgIpc) is 2.70. The summed E-state index contributed by atoms with van der Waals surface area (Å²) in [6.07, 6.45) is 0.223. The monoisotopic (exact) mass is 415 g/mol. The largest absolute Gasteiger partial charge is 0.368 e. The molecule has 1 atom stereocenters. The number of carbonyl (C=O) groups is 2. The van der Waals surface area contributed by atoms with Crippen molar-refractivity contribution in [3.8, 4) is 0 Å². The molecule has 1 unspecified atom stereocenters. The number of halogens is 1. The van der Waals surface area contributed by atoms with Crippen LogP contribution in [0.15, 0.2) is 47.4 Å². The molecule has 2 aliphatic heterocycles. The number of nitrogens with zero attached hydrogens (tertiary/aromatic N) is 2. The van der Waals surface area contributed by atoms with Crippen molar-refractivity contribution < 1.29 is 9.59 Å². The lowest BCUT2D eigenvalue weighted by Crippen LogP contribution is -2.50. The first-order valence-electron chi connectivity index (χ1n) is 9.37. The van der Waals surface area contributed by atoms with Gasteiger partial charge in [-0.05, 0) is 36.8 Å². The molecule has 0 saturated carbocycles. The molecule has 0 radical (unpaired) electrons. The number of nitrogens with one attached hydrogen (secondary N) is 1. The maximum absolute atomic E-state index is 12.8. The second-order valence-electron chi connectivity index (χ2n) is 7.09. The molecule has 0 bridgehead atoms. The third kappa shape index (κ3) is 3.98.